The van der Waals surface area contributed by atoms with Crippen molar-refractivity contribution in [3.8, 4) is 0 Å². The second-order valence-electron chi connectivity index (χ2n) is 6.44. The number of aromatic nitrogens is 1. The Bertz CT molecular complexity index is 715. The first kappa shape index (κ1) is 18.0. The van der Waals surface area contributed by atoms with E-state index in [4.69, 9.17) is 0 Å². The van der Waals surface area contributed by atoms with Gasteiger partial charge in [0.1, 0.15) is 0 Å². The number of piperazine rings is 1. The normalized spacial score (nSPS) is 15.9. The maximum Gasteiger partial charge on any atom is 0.238 e. The molecule has 0 saturated carbocycles. The van der Waals surface area contributed by atoms with Crippen LogP contribution in [0.15, 0.2) is 47.2 Å². The summed E-state index contributed by atoms with van der Waals surface area (Å²) in [5, 5.41) is 2.99. The summed E-state index contributed by atoms with van der Waals surface area (Å²) in [5.74, 6) is 0.0344. The van der Waals surface area contributed by atoms with Gasteiger partial charge in [0.2, 0.25) is 5.91 Å². The second-order valence-corrected chi connectivity index (χ2v) is 7.29. The number of nitrogens with zero attached hydrogens (tertiary/aromatic N) is 3. The van der Waals surface area contributed by atoms with Crippen LogP contribution in [0.25, 0.3) is 0 Å². The van der Waals surface area contributed by atoms with Crippen LogP contribution in [0.2, 0.25) is 0 Å². The quantitative estimate of drug-likeness (QED) is 0.834. The molecule has 3 rings (SSSR count). The van der Waals surface area contributed by atoms with E-state index in [1.807, 2.05) is 37.5 Å². The Morgan fingerprint density at radius 2 is 1.80 bits per heavy atom. The summed E-state index contributed by atoms with van der Waals surface area (Å²) in [6, 6.07) is 10.0. The van der Waals surface area contributed by atoms with Crippen LogP contribution >= 0.6 is 15.9 Å². The zero-order chi connectivity index (χ0) is 17.6. The molecule has 0 aliphatic carbocycles. The highest BCUT2D eigenvalue weighted by molar-refractivity contribution is 9.10. The average molecular weight is 403 g/mol. The maximum absolute atomic E-state index is 12.3. The number of pyridine rings is 1. The highest BCUT2D eigenvalue weighted by Gasteiger charge is 2.19. The fraction of sp³-hybridized carbons (Fsp3) is 0.368. The van der Waals surface area contributed by atoms with Crippen LogP contribution in [0, 0.1) is 6.92 Å². The number of carbonyl (C=O) groups excluding carboxylic acids is 1. The summed E-state index contributed by atoms with van der Waals surface area (Å²) in [5.41, 5.74) is 3.27. The van der Waals surface area contributed by atoms with Crippen molar-refractivity contribution in [3.63, 3.8) is 0 Å². The van der Waals surface area contributed by atoms with Crippen LogP contribution in [0.4, 0.5) is 5.69 Å². The molecular weight excluding hydrogens is 380 g/mol. The van der Waals surface area contributed by atoms with Crippen molar-refractivity contribution in [2.75, 3.05) is 38.0 Å². The summed E-state index contributed by atoms with van der Waals surface area (Å²) in [6.07, 6.45) is 3.66. The summed E-state index contributed by atoms with van der Waals surface area (Å²) < 4.78 is 0.919. The molecule has 0 unspecified atom stereocenters. The molecule has 132 valence electrons. The number of halogens is 1. The molecule has 0 bridgehead atoms. The molecule has 1 aliphatic rings. The topological polar surface area (TPSA) is 48.5 Å². The predicted octanol–water partition coefficient (Wildman–Crippen LogP) is 2.91. The monoisotopic (exact) mass is 402 g/mol. The Hall–Kier alpha value is -1.76. The van der Waals surface area contributed by atoms with Crippen molar-refractivity contribution in [2.45, 2.75) is 13.5 Å². The second kappa shape index (κ2) is 8.56. The first-order valence-electron chi connectivity index (χ1n) is 8.50. The number of anilines is 1. The third-order valence-corrected chi connectivity index (χ3v) is 5.04. The lowest BCUT2D eigenvalue weighted by Crippen LogP contribution is -2.48. The van der Waals surface area contributed by atoms with Gasteiger partial charge in [0.15, 0.2) is 0 Å². The Morgan fingerprint density at radius 3 is 2.48 bits per heavy atom. The maximum atomic E-state index is 12.3. The number of hydrogen-bond acceptors (Lipinski definition) is 4. The Labute approximate surface area is 157 Å². The number of rotatable bonds is 5. The predicted molar refractivity (Wildman–Crippen MR) is 103 cm³/mol. The molecule has 0 radical (unpaired) electrons. The van der Waals surface area contributed by atoms with E-state index in [0.29, 0.717) is 6.54 Å². The molecule has 1 aliphatic heterocycles. The van der Waals surface area contributed by atoms with Crippen molar-refractivity contribution in [2.24, 2.45) is 0 Å². The van der Waals surface area contributed by atoms with Crippen LogP contribution in [0.1, 0.15) is 11.1 Å². The van der Waals surface area contributed by atoms with Gasteiger partial charge in [-0.25, -0.2) is 0 Å². The van der Waals surface area contributed by atoms with Crippen molar-refractivity contribution < 1.29 is 4.79 Å². The number of aryl methyl sites for hydroxylation is 1. The zero-order valence-electron chi connectivity index (χ0n) is 14.4. The van der Waals surface area contributed by atoms with Gasteiger partial charge in [-0.15, -0.1) is 0 Å². The van der Waals surface area contributed by atoms with E-state index in [2.05, 4.69) is 48.2 Å². The van der Waals surface area contributed by atoms with Crippen molar-refractivity contribution in [1.29, 1.82) is 0 Å². The van der Waals surface area contributed by atoms with E-state index in [1.54, 1.807) is 0 Å². The molecule has 1 N–H and O–H groups in total. The van der Waals surface area contributed by atoms with Gasteiger partial charge in [0, 0.05) is 49.6 Å². The fourth-order valence-corrected chi connectivity index (χ4v) is 3.56. The van der Waals surface area contributed by atoms with Crippen LogP contribution in [0.3, 0.4) is 0 Å². The minimum Gasteiger partial charge on any atom is -0.324 e. The first-order chi connectivity index (χ1) is 12.1. The number of hydrogen-bond donors (Lipinski definition) is 1. The molecular formula is C19H23BrN4O. The summed E-state index contributed by atoms with van der Waals surface area (Å²) in [4.78, 5) is 21.0. The van der Waals surface area contributed by atoms with Crippen molar-refractivity contribution in [1.82, 2.24) is 14.8 Å². The Morgan fingerprint density at radius 1 is 1.12 bits per heavy atom. The van der Waals surface area contributed by atoms with Gasteiger partial charge < -0.3 is 5.32 Å². The van der Waals surface area contributed by atoms with E-state index in [-0.39, 0.29) is 5.91 Å². The highest BCUT2D eigenvalue weighted by Crippen LogP contribution is 2.23. The third-order valence-electron chi connectivity index (χ3n) is 4.39. The number of benzene rings is 1. The Kier molecular flexibility index (Phi) is 6.18. The minimum absolute atomic E-state index is 0.0344. The van der Waals surface area contributed by atoms with E-state index >= 15 is 0 Å². The van der Waals surface area contributed by atoms with Gasteiger partial charge >= 0.3 is 0 Å². The molecule has 1 aromatic carbocycles. The molecule has 1 aromatic heterocycles. The van der Waals surface area contributed by atoms with Crippen LogP contribution in [-0.2, 0) is 11.3 Å². The van der Waals surface area contributed by atoms with Gasteiger partial charge in [0.25, 0.3) is 0 Å². The zero-order valence-corrected chi connectivity index (χ0v) is 16.0. The van der Waals surface area contributed by atoms with Crippen LogP contribution < -0.4 is 5.32 Å². The number of carbonyl (C=O) groups is 1. The third kappa shape index (κ3) is 5.36. The van der Waals surface area contributed by atoms with E-state index in [9.17, 15) is 4.79 Å². The van der Waals surface area contributed by atoms with Gasteiger partial charge in [-0.05, 0) is 58.2 Å². The van der Waals surface area contributed by atoms with Crippen LogP contribution in [-0.4, -0.2) is 53.4 Å². The fourth-order valence-electron chi connectivity index (χ4n) is 2.97. The number of nitrogens with one attached hydrogen (secondary N) is 1. The summed E-state index contributed by atoms with van der Waals surface area (Å²) in [7, 11) is 0. The van der Waals surface area contributed by atoms with Crippen molar-refractivity contribution in [3.05, 3.63) is 58.3 Å². The lowest BCUT2D eigenvalue weighted by atomic mass is 10.2. The molecule has 0 spiro atoms. The average Bonchev–Trinajstić information content (AvgIpc) is 2.60. The Balaban J connectivity index is 1.44. The largest absolute Gasteiger partial charge is 0.324 e. The first-order valence-corrected chi connectivity index (χ1v) is 9.29. The van der Waals surface area contributed by atoms with E-state index in [1.165, 1.54) is 5.56 Å². The van der Waals surface area contributed by atoms with Gasteiger partial charge in [-0.3, -0.25) is 19.6 Å². The number of amides is 1. The lowest BCUT2D eigenvalue weighted by Gasteiger charge is -2.34. The summed E-state index contributed by atoms with van der Waals surface area (Å²) >= 11 is 3.50. The molecule has 1 amide bonds. The van der Waals surface area contributed by atoms with E-state index < -0.39 is 0 Å². The van der Waals surface area contributed by atoms with Crippen molar-refractivity contribution >= 4 is 27.5 Å². The smallest absolute Gasteiger partial charge is 0.238 e. The molecule has 5 nitrogen and oxygen atoms in total. The molecule has 0 atom stereocenters. The molecule has 2 aromatic rings. The SMILES string of the molecule is Cc1ccc(NC(=O)CN2CCN(Cc3ccncc3)CC2)c(Br)c1. The van der Waals surface area contributed by atoms with Crippen LogP contribution in [0.5, 0.6) is 0 Å². The van der Waals surface area contributed by atoms with Gasteiger partial charge in [0.05, 0.1) is 12.2 Å². The van der Waals surface area contributed by atoms with E-state index in [0.717, 1.165) is 48.4 Å². The molecule has 6 heteroatoms. The van der Waals surface area contributed by atoms with Gasteiger partial charge in [-0.1, -0.05) is 6.07 Å². The molecule has 25 heavy (non-hydrogen) atoms. The molecule has 1 fully saturated rings. The molecule has 1 saturated heterocycles. The van der Waals surface area contributed by atoms with Gasteiger partial charge in [-0.2, -0.15) is 0 Å². The summed E-state index contributed by atoms with van der Waals surface area (Å²) in [6.45, 7) is 7.18. The molecule has 2 heterocycles. The standard InChI is InChI=1S/C19H23BrN4O/c1-15-2-3-18(17(20)12-15)22-19(25)14-24-10-8-23(9-11-24)13-16-4-6-21-7-5-16/h2-7,12H,8-11,13-14H2,1H3,(H,22,25). The minimum atomic E-state index is 0.0344. The lowest BCUT2D eigenvalue weighted by molar-refractivity contribution is -0.117. The highest BCUT2D eigenvalue weighted by atomic mass is 79.9.